The summed E-state index contributed by atoms with van der Waals surface area (Å²) in [5.41, 5.74) is -0.388. The summed E-state index contributed by atoms with van der Waals surface area (Å²) in [7, 11) is 0. The Morgan fingerprint density at radius 2 is 1.25 bits per heavy atom. The van der Waals surface area contributed by atoms with Crippen LogP contribution in [0, 0.1) is 52.3 Å². The van der Waals surface area contributed by atoms with Crippen molar-refractivity contribution in [1.82, 2.24) is 0 Å². The molecule has 16 nitrogen and oxygen atoms in total. The lowest BCUT2D eigenvalue weighted by atomic mass is 9.43. The van der Waals surface area contributed by atoms with Gasteiger partial charge in [-0.05, 0) is 85.4 Å². The van der Waals surface area contributed by atoms with Gasteiger partial charge in [0, 0.05) is 11.8 Å². The van der Waals surface area contributed by atoms with Crippen LogP contribution in [0.4, 0.5) is 0 Å². The van der Waals surface area contributed by atoms with Gasteiger partial charge in [-0.15, -0.1) is 0 Å². The van der Waals surface area contributed by atoms with Crippen LogP contribution >= 0.6 is 0 Å². The quantitative estimate of drug-likeness (QED) is 0.135. The molecule has 4 aliphatic carbocycles. The fourth-order valence-corrected chi connectivity index (χ4v) is 13.4. The van der Waals surface area contributed by atoms with E-state index in [-0.39, 0.29) is 59.0 Å². The Morgan fingerprint density at radius 1 is 0.655 bits per heavy atom. The normalized spacial score (nSPS) is 60.5. The summed E-state index contributed by atoms with van der Waals surface area (Å²) < 4.78 is 37.7. The van der Waals surface area contributed by atoms with Gasteiger partial charge in [-0.1, -0.05) is 27.7 Å². The van der Waals surface area contributed by atoms with E-state index in [2.05, 4.69) is 20.8 Å². The number of aliphatic hydroxyl groups excluding tert-OH is 10. The number of aliphatic hydroxyl groups is 10. The van der Waals surface area contributed by atoms with Crippen molar-refractivity contribution in [3.05, 3.63) is 0 Å². The fraction of sp³-hybridized carbons (Fsp3) is 1.00. The second kappa shape index (κ2) is 14.8. The Kier molecular flexibility index (Phi) is 11.1. The minimum Gasteiger partial charge on any atom is -0.394 e. The molecule has 4 heterocycles. The van der Waals surface area contributed by atoms with Crippen LogP contribution in [-0.2, 0) is 28.4 Å². The van der Waals surface area contributed by atoms with Crippen LogP contribution in [0.3, 0.4) is 0 Å². The van der Waals surface area contributed by atoms with E-state index >= 15 is 0 Å². The molecule has 8 aliphatic rings. The molecule has 55 heavy (non-hydrogen) atoms. The van der Waals surface area contributed by atoms with Crippen molar-refractivity contribution in [3.63, 3.8) is 0 Å². The molecule has 0 amide bonds. The van der Waals surface area contributed by atoms with Crippen LogP contribution in [0.25, 0.3) is 0 Å². The van der Waals surface area contributed by atoms with Crippen molar-refractivity contribution in [2.75, 3.05) is 19.8 Å². The molecule has 0 aromatic rings. The predicted molar refractivity (Wildman–Crippen MR) is 187 cm³/mol. The van der Waals surface area contributed by atoms with Crippen LogP contribution in [-0.4, -0.2) is 169 Å². The first-order chi connectivity index (χ1) is 26.0. The highest BCUT2D eigenvalue weighted by atomic mass is 16.7. The summed E-state index contributed by atoms with van der Waals surface area (Å²) in [6.45, 7) is 7.56. The van der Waals surface area contributed by atoms with E-state index in [0.717, 1.165) is 19.3 Å². The molecule has 316 valence electrons. The standard InChI is InChI=1S/C39H64O16/c1-15-14-50-39(34(49)33(15)54-36-32(48)30(46)28(44)25(13-41)53-36)16(2)26-23(55-39)11-20-18-10-22(51-35-31(47)29(45)27(43)24(12-40)52-35)21-9-17(42)5-7-37(21,3)19(18)6-8-38(20,26)4/h15-36,40-49H,5-14H2,1-4H3/t15-,16-,17-,18+,19-,20-,21+,22-,23-,24+,25-,26-,27+,28-,29-,30+,31+,32-,33+,34-,35+,36+,37+,38-,39-/m0/s1. The Morgan fingerprint density at radius 3 is 1.87 bits per heavy atom. The molecule has 4 saturated heterocycles. The molecule has 0 bridgehead atoms. The van der Waals surface area contributed by atoms with Crippen molar-refractivity contribution in [2.45, 2.75) is 170 Å². The zero-order valence-corrected chi connectivity index (χ0v) is 32.2. The summed E-state index contributed by atoms with van der Waals surface area (Å²) in [5.74, 6) is -1.31. The molecular weight excluding hydrogens is 724 g/mol. The highest BCUT2D eigenvalue weighted by Crippen LogP contribution is 2.71. The first-order valence-electron chi connectivity index (χ1n) is 20.6. The van der Waals surface area contributed by atoms with Gasteiger partial charge in [0.2, 0.25) is 0 Å². The predicted octanol–water partition coefficient (Wildman–Crippen LogP) is -1.65. The van der Waals surface area contributed by atoms with Gasteiger partial charge in [-0.25, -0.2) is 0 Å². The van der Waals surface area contributed by atoms with E-state index in [1.54, 1.807) is 0 Å². The van der Waals surface area contributed by atoms with Gasteiger partial charge in [0.25, 0.3) is 0 Å². The van der Waals surface area contributed by atoms with Crippen LogP contribution in [0.15, 0.2) is 0 Å². The first-order valence-corrected chi connectivity index (χ1v) is 20.6. The third-order valence-corrected chi connectivity index (χ3v) is 16.4. The molecule has 25 atom stereocenters. The van der Waals surface area contributed by atoms with Crippen molar-refractivity contribution in [2.24, 2.45) is 52.3 Å². The fourth-order valence-electron chi connectivity index (χ4n) is 13.4. The number of rotatable bonds is 6. The maximum Gasteiger partial charge on any atom is 0.200 e. The topological polar surface area (TPSA) is 258 Å². The molecule has 4 saturated carbocycles. The zero-order chi connectivity index (χ0) is 39.5. The lowest BCUT2D eigenvalue weighted by molar-refractivity contribution is -0.374. The average molecular weight is 789 g/mol. The molecule has 8 rings (SSSR count). The molecule has 10 N–H and O–H groups in total. The smallest absolute Gasteiger partial charge is 0.200 e. The Hall–Kier alpha value is -0.640. The SMILES string of the molecule is C[C@H]1CO[C@@]2(O[C@H]3C[C@H]4[C@@H]5C[C@H](O[C@@H]6O[C@H](CO)[C@@H](O)[C@H](O)[C@H]6O)[C@H]6C[C@@H](O)CC[C@]6(C)[C@H]5CC[C@]4(C)[C@H]3[C@@H]2C)[C@@H](O)[C@@H]1O[C@H]1O[C@@H](CO)[C@H](O)[C@@H](O)[C@@H]1O. The van der Waals surface area contributed by atoms with Crippen LogP contribution in [0.1, 0.15) is 72.6 Å². The van der Waals surface area contributed by atoms with E-state index < -0.39 is 105 Å². The maximum atomic E-state index is 12.1. The monoisotopic (exact) mass is 788 g/mol. The summed E-state index contributed by atoms with van der Waals surface area (Å²) in [6, 6.07) is 0. The van der Waals surface area contributed by atoms with Gasteiger partial charge in [-0.2, -0.15) is 0 Å². The minimum atomic E-state index is -1.62. The van der Waals surface area contributed by atoms with E-state index in [1.165, 1.54) is 0 Å². The van der Waals surface area contributed by atoms with Gasteiger partial charge in [0.1, 0.15) is 54.9 Å². The van der Waals surface area contributed by atoms with Gasteiger partial charge in [0.15, 0.2) is 18.4 Å². The highest BCUT2D eigenvalue weighted by molar-refractivity contribution is 5.18. The first kappa shape index (κ1) is 41.1. The molecule has 16 heteroatoms. The second-order valence-electron chi connectivity index (χ2n) is 19.0. The van der Waals surface area contributed by atoms with Crippen molar-refractivity contribution >= 4 is 0 Å². The molecule has 0 radical (unpaired) electrons. The van der Waals surface area contributed by atoms with Crippen molar-refractivity contribution in [3.8, 4) is 0 Å². The van der Waals surface area contributed by atoms with Gasteiger partial charge in [-0.3, -0.25) is 0 Å². The number of hydrogen-bond acceptors (Lipinski definition) is 16. The lowest BCUT2D eigenvalue weighted by Gasteiger charge is -2.63. The molecule has 0 aromatic carbocycles. The lowest BCUT2D eigenvalue weighted by Crippen LogP contribution is -2.65. The molecule has 4 aliphatic heterocycles. The third-order valence-electron chi connectivity index (χ3n) is 16.4. The van der Waals surface area contributed by atoms with E-state index in [9.17, 15) is 51.1 Å². The zero-order valence-electron chi connectivity index (χ0n) is 32.2. The van der Waals surface area contributed by atoms with E-state index in [1.807, 2.05) is 6.92 Å². The Bertz CT molecular complexity index is 1370. The largest absolute Gasteiger partial charge is 0.394 e. The number of hydrogen-bond donors (Lipinski definition) is 10. The van der Waals surface area contributed by atoms with Crippen molar-refractivity contribution in [1.29, 1.82) is 0 Å². The van der Waals surface area contributed by atoms with Crippen LogP contribution in [0.5, 0.6) is 0 Å². The number of fused-ring (bicyclic) bond motifs is 7. The minimum absolute atomic E-state index is 0.0120. The molecule has 1 spiro atoms. The molecular formula is C39H64O16. The van der Waals surface area contributed by atoms with Crippen LogP contribution in [0.2, 0.25) is 0 Å². The van der Waals surface area contributed by atoms with E-state index in [0.29, 0.717) is 31.6 Å². The average Bonchev–Trinajstić information content (AvgIpc) is 3.62. The molecule has 8 fully saturated rings. The Balaban J connectivity index is 1.03. The van der Waals surface area contributed by atoms with Gasteiger partial charge in [0.05, 0.1) is 44.2 Å². The van der Waals surface area contributed by atoms with Gasteiger partial charge < -0.3 is 79.5 Å². The second-order valence-corrected chi connectivity index (χ2v) is 19.0. The van der Waals surface area contributed by atoms with Gasteiger partial charge >= 0.3 is 0 Å². The van der Waals surface area contributed by atoms with E-state index in [4.69, 9.17) is 28.4 Å². The van der Waals surface area contributed by atoms with Crippen molar-refractivity contribution < 1.29 is 79.5 Å². The Labute approximate surface area is 321 Å². The molecule has 0 aromatic heterocycles. The maximum absolute atomic E-state index is 12.1. The summed E-state index contributed by atoms with van der Waals surface area (Å²) in [5, 5.41) is 106. The van der Waals surface area contributed by atoms with Crippen LogP contribution < -0.4 is 0 Å². The number of ether oxygens (including phenoxy) is 6. The summed E-state index contributed by atoms with van der Waals surface area (Å²) in [4.78, 5) is 0. The molecule has 0 unspecified atom stereocenters. The third kappa shape index (κ3) is 6.23. The summed E-state index contributed by atoms with van der Waals surface area (Å²) >= 11 is 0. The summed E-state index contributed by atoms with van der Waals surface area (Å²) in [6.07, 6.45) is -12.4. The highest BCUT2D eigenvalue weighted by Gasteiger charge is 2.72.